The summed E-state index contributed by atoms with van der Waals surface area (Å²) < 4.78 is 6.04. The molecule has 0 radical (unpaired) electrons. The van der Waals surface area contributed by atoms with Crippen molar-refractivity contribution < 1.29 is 4.74 Å². The molecule has 0 amide bonds. The Hall–Kier alpha value is -0.510. The lowest BCUT2D eigenvalue weighted by Crippen LogP contribution is -2.33. The van der Waals surface area contributed by atoms with Gasteiger partial charge in [-0.3, -0.25) is 0 Å². The summed E-state index contributed by atoms with van der Waals surface area (Å²) in [5.74, 6) is 1.26. The highest BCUT2D eigenvalue weighted by atomic mass is 32.2. The van der Waals surface area contributed by atoms with Crippen LogP contribution in [0.3, 0.4) is 0 Å². The number of ether oxygens (including phenoxy) is 1. The number of rotatable bonds is 6. The normalized spacial score (nSPS) is 24.1. The van der Waals surface area contributed by atoms with E-state index < -0.39 is 0 Å². The molecule has 0 aromatic heterocycles. The molecular weight excluding hydrogens is 230 g/mol. The zero-order valence-electron chi connectivity index (χ0n) is 10.2. The van der Waals surface area contributed by atoms with Gasteiger partial charge in [0.1, 0.15) is 0 Å². The Morgan fingerprint density at radius 2 is 2.12 bits per heavy atom. The minimum Gasteiger partial charge on any atom is -0.377 e. The first kappa shape index (κ1) is 12.9. The van der Waals surface area contributed by atoms with E-state index >= 15 is 0 Å². The number of thioether (sulfide) groups is 1. The van der Waals surface area contributed by atoms with Crippen LogP contribution in [0.4, 0.5) is 0 Å². The van der Waals surface area contributed by atoms with Crippen molar-refractivity contribution in [2.24, 2.45) is 5.73 Å². The molecule has 94 valence electrons. The van der Waals surface area contributed by atoms with E-state index in [1.54, 1.807) is 0 Å². The van der Waals surface area contributed by atoms with Crippen molar-refractivity contribution in [3.63, 3.8) is 0 Å². The molecule has 1 aromatic rings. The molecule has 1 atom stereocenters. The Kier molecular flexibility index (Phi) is 4.89. The van der Waals surface area contributed by atoms with E-state index in [4.69, 9.17) is 10.5 Å². The van der Waals surface area contributed by atoms with Crippen molar-refractivity contribution in [3.05, 3.63) is 35.9 Å². The summed E-state index contributed by atoms with van der Waals surface area (Å²) in [5.41, 5.74) is 7.13. The largest absolute Gasteiger partial charge is 0.377 e. The van der Waals surface area contributed by atoms with Crippen molar-refractivity contribution in [3.8, 4) is 0 Å². The molecule has 1 unspecified atom stereocenters. The van der Waals surface area contributed by atoms with Gasteiger partial charge in [-0.15, -0.1) is 0 Å². The average molecular weight is 251 g/mol. The second-order valence-corrected chi connectivity index (χ2v) is 6.19. The summed E-state index contributed by atoms with van der Waals surface area (Å²) in [5, 5.41) is 0. The lowest BCUT2D eigenvalue weighted by Gasteiger charge is -2.25. The number of hydrogen-bond donors (Lipinski definition) is 1. The van der Waals surface area contributed by atoms with E-state index in [1.165, 1.54) is 24.2 Å². The lowest BCUT2D eigenvalue weighted by molar-refractivity contribution is 0.111. The maximum absolute atomic E-state index is 5.89. The molecule has 1 heterocycles. The highest BCUT2D eigenvalue weighted by Gasteiger charge is 2.32. The van der Waals surface area contributed by atoms with E-state index in [0.717, 1.165) is 19.6 Å². The van der Waals surface area contributed by atoms with E-state index in [-0.39, 0.29) is 0 Å². The van der Waals surface area contributed by atoms with Gasteiger partial charge in [0.25, 0.3) is 0 Å². The molecule has 0 bridgehead atoms. The molecule has 1 saturated heterocycles. The van der Waals surface area contributed by atoms with Gasteiger partial charge in [-0.1, -0.05) is 30.3 Å². The van der Waals surface area contributed by atoms with Crippen LogP contribution in [0.15, 0.2) is 30.3 Å². The highest BCUT2D eigenvalue weighted by molar-refractivity contribution is 8.00. The molecule has 2 rings (SSSR count). The maximum Gasteiger partial charge on any atom is 0.0716 e. The predicted octanol–water partition coefficient (Wildman–Crippen LogP) is 2.82. The number of benzene rings is 1. The summed E-state index contributed by atoms with van der Waals surface area (Å²) in [6, 6.07) is 10.3. The zero-order chi connectivity index (χ0) is 12.0. The first-order chi connectivity index (χ1) is 8.35. The van der Waals surface area contributed by atoms with Crippen LogP contribution in [0, 0.1) is 0 Å². The van der Waals surface area contributed by atoms with Crippen molar-refractivity contribution in [2.45, 2.75) is 30.6 Å². The predicted molar refractivity (Wildman–Crippen MR) is 74.2 cm³/mol. The average Bonchev–Trinajstić information content (AvgIpc) is 2.85. The minimum atomic E-state index is 0.302. The van der Waals surface area contributed by atoms with Crippen LogP contribution in [0.2, 0.25) is 0 Å². The second-order valence-electron chi connectivity index (χ2n) is 4.63. The van der Waals surface area contributed by atoms with Gasteiger partial charge in [-0.2, -0.15) is 11.8 Å². The third-order valence-corrected chi connectivity index (χ3v) is 5.05. The van der Waals surface area contributed by atoms with Crippen LogP contribution in [-0.2, 0) is 11.3 Å². The van der Waals surface area contributed by atoms with E-state index in [1.807, 2.05) is 30.0 Å². The molecule has 1 aliphatic rings. The summed E-state index contributed by atoms with van der Waals surface area (Å²) >= 11 is 2.03. The van der Waals surface area contributed by atoms with Crippen LogP contribution in [-0.4, -0.2) is 23.7 Å². The van der Waals surface area contributed by atoms with Crippen molar-refractivity contribution in [1.29, 1.82) is 0 Å². The van der Waals surface area contributed by atoms with Crippen molar-refractivity contribution in [2.75, 3.05) is 18.9 Å². The fourth-order valence-electron chi connectivity index (χ4n) is 2.24. The molecule has 2 N–H and O–H groups in total. The van der Waals surface area contributed by atoms with Gasteiger partial charge in [0, 0.05) is 17.9 Å². The minimum absolute atomic E-state index is 0.302. The van der Waals surface area contributed by atoms with E-state index in [0.29, 0.717) is 11.4 Å². The molecule has 1 fully saturated rings. The fraction of sp³-hybridized carbons (Fsp3) is 0.571. The van der Waals surface area contributed by atoms with Gasteiger partial charge in [-0.25, -0.2) is 0 Å². The molecule has 0 aliphatic carbocycles. The van der Waals surface area contributed by atoms with E-state index in [2.05, 4.69) is 12.1 Å². The number of hydrogen-bond acceptors (Lipinski definition) is 3. The molecule has 2 nitrogen and oxygen atoms in total. The molecular formula is C14H21NOS. The maximum atomic E-state index is 5.89. The standard InChI is InChI=1S/C14H21NOS/c15-12-14(7-4-10-17-14)8-9-16-11-13-5-2-1-3-6-13/h1-3,5-6H,4,7-12,15H2. The monoisotopic (exact) mass is 251 g/mol. The Bertz CT molecular complexity index is 322. The lowest BCUT2D eigenvalue weighted by atomic mass is 10.00. The molecule has 17 heavy (non-hydrogen) atoms. The smallest absolute Gasteiger partial charge is 0.0716 e. The Labute approximate surface area is 108 Å². The van der Waals surface area contributed by atoms with Crippen molar-refractivity contribution in [1.82, 2.24) is 0 Å². The summed E-state index contributed by atoms with van der Waals surface area (Å²) in [6.07, 6.45) is 3.64. The summed E-state index contributed by atoms with van der Waals surface area (Å²) in [6.45, 7) is 2.32. The van der Waals surface area contributed by atoms with Crippen LogP contribution >= 0.6 is 11.8 Å². The van der Waals surface area contributed by atoms with Gasteiger partial charge >= 0.3 is 0 Å². The quantitative estimate of drug-likeness (QED) is 0.790. The first-order valence-corrected chi connectivity index (χ1v) is 7.29. The summed E-state index contributed by atoms with van der Waals surface area (Å²) in [4.78, 5) is 0. The molecule has 0 saturated carbocycles. The van der Waals surface area contributed by atoms with Gasteiger partial charge in [0.15, 0.2) is 0 Å². The highest BCUT2D eigenvalue weighted by Crippen LogP contribution is 2.39. The van der Waals surface area contributed by atoms with Crippen LogP contribution in [0.1, 0.15) is 24.8 Å². The zero-order valence-corrected chi connectivity index (χ0v) is 11.0. The van der Waals surface area contributed by atoms with E-state index in [9.17, 15) is 0 Å². The van der Waals surface area contributed by atoms with Crippen LogP contribution in [0.25, 0.3) is 0 Å². The van der Waals surface area contributed by atoms with Gasteiger partial charge in [0.2, 0.25) is 0 Å². The first-order valence-electron chi connectivity index (χ1n) is 6.30. The van der Waals surface area contributed by atoms with Gasteiger partial charge in [0.05, 0.1) is 6.61 Å². The van der Waals surface area contributed by atoms with Crippen LogP contribution in [0.5, 0.6) is 0 Å². The Balaban J connectivity index is 1.69. The second kappa shape index (κ2) is 6.43. The topological polar surface area (TPSA) is 35.2 Å². The van der Waals surface area contributed by atoms with Crippen LogP contribution < -0.4 is 5.73 Å². The Morgan fingerprint density at radius 1 is 1.29 bits per heavy atom. The Morgan fingerprint density at radius 3 is 2.76 bits per heavy atom. The third-order valence-electron chi connectivity index (χ3n) is 3.37. The van der Waals surface area contributed by atoms with Gasteiger partial charge in [-0.05, 0) is 30.6 Å². The molecule has 3 heteroatoms. The SMILES string of the molecule is NCC1(CCOCc2ccccc2)CCCS1. The fourth-order valence-corrected chi connectivity index (χ4v) is 3.59. The van der Waals surface area contributed by atoms with Crippen molar-refractivity contribution >= 4 is 11.8 Å². The summed E-state index contributed by atoms with van der Waals surface area (Å²) in [7, 11) is 0. The molecule has 1 aromatic carbocycles. The molecule has 0 spiro atoms. The van der Waals surface area contributed by atoms with Gasteiger partial charge < -0.3 is 10.5 Å². The number of nitrogens with two attached hydrogens (primary N) is 1. The molecule has 1 aliphatic heterocycles. The third kappa shape index (κ3) is 3.73.